The number of rotatable bonds is 14. The van der Waals surface area contributed by atoms with Crippen LogP contribution in [0.4, 0.5) is 10.6 Å². The van der Waals surface area contributed by atoms with Crippen molar-refractivity contribution in [2.45, 2.75) is 70.6 Å². The maximum atomic E-state index is 12.8. The molecule has 3 amide bonds. The van der Waals surface area contributed by atoms with E-state index >= 15 is 0 Å². The number of carbonyl (C=O) groups is 3. The minimum atomic E-state index is -3.72. The Balaban J connectivity index is 1.37. The van der Waals surface area contributed by atoms with Crippen molar-refractivity contribution in [2.75, 3.05) is 44.3 Å². The second-order valence-electron chi connectivity index (χ2n) is 10.6. The summed E-state index contributed by atoms with van der Waals surface area (Å²) in [6.07, 6.45) is 3.78. The number of aliphatic carboxylic acids is 1. The topological polar surface area (TPSA) is 183 Å². The van der Waals surface area contributed by atoms with Crippen LogP contribution in [-0.2, 0) is 24.4 Å². The normalized spacial score (nSPS) is 18.7. The van der Waals surface area contributed by atoms with E-state index < -0.39 is 28.1 Å². The monoisotopic (exact) mass is 595 g/mol. The Kier molecular flexibility index (Phi) is 11.8. The molecule has 41 heavy (non-hydrogen) atoms. The van der Waals surface area contributed by atoms with Gasteiger partial charge in [0.15, 0.2) is 0 Å². The number of unbranched alkanes of at least 4 members (excludes halogenated alkanes) is 1. The van der Waals surface area contributed by atoms with Gasteiger partial charge < -0.3 is 20.2 Å². The second kappa shape index (κ2) is 15.1. The number of nitrogens with zero attached hydrogens (tertiary/aromatic N) is 4. The van der Waals surface area contributed by atoms with Gasteiger partial charge >= 0.3 is 12.0 Å². The van der Waals surface area contributed by atoms with Crippen LogP contribution in [0.3, 0.4) is 0 Å². The molecule has 15 heteroatoms. The van der Waals surface area contributed by atoms with Gasteiger partial charge in [-0.15, -0.1) is 0 Å². The van der Waals surface area contributed by atoms with E-state index in [2.05, 4.69) is 25.5 Å². The third kappa shape index (κ3) is 10.6. The zero-order chi connectivity index (χ0) is 30.0. The van der Waals surface area contributed by atoms with Crippen molar-refractivity contribution in [3.8, 4) is 0 Å². The average molecular weight is 596 g/mol. The molecule has 0 aliphatic carbocycles. The summed E-state index contributed by atoms with van der Waals surface area (Å²) in [5, 5.41) is 19.2. The summed E-state index contributed by atoms with van der Waals surface area (Å²) >= 11 is 0. The Morgan fingerprint density at radius 1 is 1.27 bits per heavy atom. The number of piperidine rings is 1. The van der Waals surface area contributed by atoms with Crippen molar-refractivity contribution in [1.82, 2.24) is 24.8 Å². The Morgan fingerprint density at radius 2 is 2.00 bits per heavy atom. The molecule has 2 unspecified atom stereocenters. The average Bonchev–Trinajstić information content (AvgIpc) is 3.36. The lowest BCUT2D eigenvalue weighted by molar-refractivity contribution is -0.140. The van der Waals surface area contributed by atoms with Gasteiger partial charge in [0, 0.05) is 45.2 Å². The van der Waals surface area contributed by atoms with E-state index in [1.54, 1.807) is 24.2 Å². The van der Waals surface area contributed by atoms with E-state index in [0.717, 1.165) is 5.56 Å². The van der Waals surface area contributed by atoms with Crippen molar-refractivity contribution in [2.24, 2.45) is 5.16 Å². The lowest BCUT2D eigenvalue weighted by Crippen LogP contribution is -2.48. The third-order valence-corrected chi connectivity index (χ3v) is 8.52. The molecular weight excluding hydrogens is 554 g/mol. The van der Waals surface area contributed by atoms with Crippen molar-refractivity contribution in [3.05, 3.63) is 23.9 Å². The number of nitrogens with one attached hydrogen (secondary N) is 3. The Labute approximate surface area is 240 Å². The van der Waals surface area contributed by atoms with Gasteiger partial charge in [-0.05, 0) is 37.8 Å². The summed E-state index contributed by atoms with van der Waals surface area (Å²) < 4.78 is 26.6. The lowest BCUT2D eigenvalue weighted by atomic mass is 10.0. The van der Waals surface area contributed by atoms with Crippen LogP contribution in [0, 0.1) is 6.92 Å². The van der Waals surface area contributed by atoms with E-state index in [1.165, 1.54) is 0 Å². The molecule has 0 spiro atoms. The molecule has 3 heterocycles. The van der Waals surface area contributed by atoms with E-state index in [-0.39, 0.29) is 43.2 Å². The van der Waals surface area contributed by atoms with Gasteiger partial charge in [0.05, 0.1) is 24.6 Å². The largest absolute Gasteiger partial charge is 0.480 e. The number of sulfonamides is 1. The summed E-state index contributed by atoms with van der Waals surface area (Å²) in [7, 11) is -2.05. The predicted octanol–water partition coefficient (Wildman–Crippen LogP) is 1.14. The molecule has 1 saturated heterocycles. The van der Waals surface area contributed by atoms with Gasteiger partial charge in [-0.1, -0.05) is 24.6 Å². The molecule has 1 aromatic heterocycles. The number of hydrogen-bond donors (Lipinski definition) is 4. The molecule has 4 N–H and O–H groups in total. The highest BCUT2D eigenvalue weighted by Gasteiger charge is 2.32. The van der Waals surface area contributed by atoms with Gasteiger partial charge in [-0.3, -0.25) is 19.8 Å². The van der Waals surface area contributed by atoms with E-state index in [0.29, 0.717) is 56.7 Å². The van der Waals surface area contributed by atoms with Crippen LogP contribution < -0.4 is 15.4 Å². The zero-order valence-electron chi connectivity index (χ0n) is 23.8. The fourth-order valence-electron chi connectivity index (χ4n) is 4.63. The maximum absolute atomic E-state index is 12.8. The number of carbonyl (C=O) groups excluding carboxylic acids is 2. The minimum absolute atomic E-state index is 0.00391. The summed E-state index contributed by atoms with van der Waals surface area (Å²) in [6.45, 7) is 5.48. The number of amides is 3. The number of pyridine rings is 1. The molecule has 0 aromatic carbocycles. The third-order valence-electron chi connectivity index (χ3n) is 7.05. The molecular formula is C26H41N7O7S. The summed E-state index contributed by atoms with van der Waals surface area (Å²) in [5.74, 6) is -0.994. The highest BCUT2D eigenvalue weighted by molar-refractivity contribution is 7.89. The first-order valence-electron chi connectivity index (χ1n) is 13.9. The molecule has 2 aliphatic heterocycles. The van der Waals surface area contributed by atoms with Crippen LogP contribution in [-0.4, -0.2) is 109 Å². The number of oxime groups is 1. The van der Waals surface area contributed by atoms with Crippen LogP contribution in [0.2, 0.25) is 0 Å². The zero-order valence-corrected chi connectivity index (χ0v) is 24.7. The van der Waals surface area contributed by atoms with Gasteiger partial charge in [-0.25, -0.2) is 22.9 Å². The highest BCUT2D eigenvalue weighted by Crippen LogP contribution is 2.18. The van der Waals surface area contributed by atoms with E-state index in [1.807, 2.05) is 24.8 Å². The van der Waals surface area contributed by atoms with Crippen LogP contribution in [0.15, 0.2) is 23.5 Å². The van der Waals surface area contributed by atoms with Crippen LogP contribution in [0.1, 0.15) is 51.0 Å². The van der Waals surface area contributed by atoms with Crippen LogP contribution >= 0.6 is 0 Å². The van der Waals surface area contributed by atoms with Crippen LogP contribution in [0.5, 0.6) is 0 Å². The Morgan fingerprint density at radius 3 is 2.66 bits per heavy atom. The van der Waals surface area contributed by atoms with Crippen LogP contribution in [0.25, 0.3) is 0 Å². The number of urea groups is 1. The lowest BCUT2D eigenvalue weighted by Gasteiger charge is -2.32. The van der Waals surface area contributed by atoms with Gasteiger partial charge in [-0.2, -0.15) is 0 Å². The minimum Gasteiger partial charge on any atom is -0.480 e. The van der Waals surface area contributed by atoms with Gasteiger partial charge in [0.25, 0.3) is 0 Å². The Bertz CT molecular complexity index is 1200. The van der Waals surface area contributed by atoms with Gasteiger partial charge in [0.2, 0.25) is 15.9 Å². The summed E-state index contributed by atoms with van der Waals surface area (Å²) in [6, 6.07) is 2.05. The first kappa shape index (κ1) is 32.2. The number of aryl methyl sites for hydroxylation is 1. The molecule has 2 atom stereocenters. The number of hydrogen-bond acceptors (Lipinski definition) is 9. The predicted molar refractivity (Wildman–Crippen MR) is 153 cm³/mol. The number of likely N-dealkylation sites (tertiary alicyclic amines) is 1. The van der Waals surface area contributed by atoms with Crippen molar-refractivity contribution in [3.63, 3.8) is 0 Å². The molecule has 14 nitrogen and oxygen atoms in total. The highest BCUT2D eigenvalue weighted by atomic mass is 32.2. The van der Waals surface area contributed by atoms with Crippen molar-refractivity contribution < 1.29 is 32.7 Å². The van der Waals surface area contributed by atoms with Gasteiger partial charge in [0.1, 0.15) is 18.0 Å². The van der Waals surface area contributed by atoms with E-state index in [4.69, 9.17) is 4.84 Å². The number of carboxylic acids is 1. The fraction of sp³-hybridized carbons (Fsp3) is 0.654. The molecule has 0 bridgehead atoms. The Hall–Kier alpha value is -3.30. The number of likely N-dealkylation sites (N-methyl/N-ethyl adjacent to an activating group) is 1. The summed E-state index contributed by atoms with van der Waals surface area (Å²) in [5.41, 5.74) is 1.46. The van der Waals surface area contributed by atoms with E-state index in [9.17, 15) is 27.9 Å². The first-order chi connectivity index (χ1) is 19.5. The SMILES string of the molecule is CCCCS(=O)(=O)NC(CC1CC(CN(C)C(=O)CN2CCC(NC(=O)Nc3ncccc3C)CC2)=NO1)C(=O)O. The number of carboxylic acid groups (broad SMARTS) is 1. The molecule has 0 saturated carbocycles. The molecule has 1 fully saturated rings. The van der Waals surface area contributed by atoms with Crippen molar-refractivity contribution in [1.29, 1.82) is 0 Å². The maximum Gasteiger partial charge on any atom is 0.321 e. The molecule has 3 rings (SSSR count). The summed E-state index contributed by atoms with van der Waals surface area (Å²) in [4.78, 5) is 49.9. The first-order valence-corrected chi connectivity index (χ1v) is 15.5. The molecule has 0 radical (unpaired) electrons. The molecule has 228 valence electrons. The number of anilines is 1. The molecule has 1 aromatic rings. The quantitative estimate of drug-likeness (QED) is 0.245. The second-order valence-corrected chi connectivity index (χ2v) is 12.4. The standard InChI is InChI=1S/C26H41N7O7S/c1-4-5-13-41(38,39)31-22(25(35)36)15-21-14-20(30-40-21)16-32(3)23(34)17-33-11-8-19(9-12-33)28-26(37)29-24-18(2)7-6-10-27-24/h6-7,10,19,21-22,31H,4-5,8-9,11-17H2,1-3H3,(H,35,36)(H2,27,28,29,37). The smallest absolute Gasteiger partial charge is 0.321 e. The number of aromatic nitrogens is 1. The van der Waals surface area contributed by atoms with Crippen molar-refractivity contribution >= 4 is 39.5 Å². The molecule has 2 aliphatic rings. The fourth-order valence-corrected chi connectivity index (χ4v) is 6.05.